The monoisotopic (exact) mass is 271 g/mol. The lowest BCUT2D eigenvalue weighted by Crippen LogP contribution is -2.35. The average molecular weight is 271 g/mol. The van der Waals surface area contributed by atoms with Crippen LogP contribution in [0.5, 0.6) is 0 Å². The molecule has 18 heavy (non-hydrogen) atoms. The Morgan fingerprint density at radius 1 is 1.28 bits per heavy atom. The molecule has 100 valence electrons. The fourth-order valence-corrected chi connectivity index (χ4v) is 2.76. The fraction of sp³-hybridized carbons (Fsp3) is 0.455. The second-order valence-electron chi connectivity index (χ2n) is 4.49. The number of primary sulfonamides is 1. The van der Waals surface area contributed by atoms with E-state index in [9.17, 15) is 13.5 Å². The maximum absolute atomic E-state index is 11.2. The van der Waals surface area contributed by atoms with Crippen molar-refractivity contribution < 1.29 is 13.5 Å². The van der Waals surface area contributed by atoms with E-state index in [1.54, 1.807) is 12.1 Å². The van der Waals surface area contributed by atoms with Crippen LogP contribution in [0.2, 0.25) is 0 Å². The van der Waals surface area contributed by atoms with Crippen molar-refractivity contribution in [3.63, 3.8) is 0 Å². The van der Waals surface area contributed by atoms with Gasteiger partial charge in [-0.25, -0.2) is 13.6 Å². The van der Waals surface area contributed by atoms with Crippen LogP contribution < -0.4 is 15.8 Å². The number of hydrogen-bond donors (Lipinski definition) is 3. The van der Waals surface area contributed by atoms with E-state index in [1.807, 2.05) is 0 Å². The van der Waals surface area contributed by atoms with Gasteiger partial charge in [0.15, 0.2) is 0 Å². The van der Waals surface area contributed by atoms with Gasteiger partial charge in [-0.1, -0.05) is 0 Å². The van der Waals surface area contributed by atoms with Gasteiger partial charge in [0.1, 0.15) is 4.90 Å². The van der Waals surface area contributed by atoms with Crippen molar-refractivity contribution in [3.05, 3.63) is 18.2 Å². The molecule has 1 heterocycles. The van der Waals surface area contributed by atoms with Gasteiger partial charge in [0.25, 0.3) is 0 Å². The first-order valence-corrected chi connectivity index (χ1v) is 7.28. The third-order valence-electron chi connectivity index (χ3n) is 3.13. The van der Waals surface area contributed by atoms with Gasteiger partial charge in [-0.15, -0.1) is 0 Å². The Morgan fingerprint density at radius 2 is 1.89 bits per heavy atom. The van der Waals surface area contributed by atoms with Crippen molar-refractivity contribution in [1.82, 2.24) is 0 Å². The zero-order chi connectivity index (χ0) is 13.3. The Kier molecular flexibility index (Phi) is 3.47. The lowest BCUT2D eigenvalue weighted by atomic mass is 10.1. The molecular weight excluding hydrogens is 254 g/mol. The van der Waals surface area contributed by atoms with E-state index in [4.69, 9.17) is 10.9 Å². The number of nitrogens with zero attached hydrogens (tertiary/aromatic N) is 1. The maximum Gasteiger partial charge on any atom is 0.240 e. The van der Waals surface area contributed by atoms with E-state index >= 15 is 0 Å². The SMILES string of the molecule is Nc1cc(N2CCC(O)CC2)ccc1S(N)(=O)=O. The molecule has 2 rings (SSSR count). The Balaban J connectivity index is 2.24. The summed E-state index contributed by atoms with van der Waals surface area (Å²) in [5.74, 6) is 0. The largest absolute Gasteiger partial charge is 0.398 e. The highest BCUT2D eigenvalue weighted by atomic mass is 32.2. The molecule has 1 aromatic carbocycles. The first kappa shape index (κ1) is 13.1. The molecule has 0 aromatic heterocycles. The molecule has 1 aliphatic heterocycles. The summed E-state index contributed by atoms with van der Waals surface area (Å²) in [5.41, 5.74) is 6.71. The maximum atomic E-state index is 11.2. The minimum atomic E-state index is -3.77. The molecule has 7 heteroatoms. The number of benzene rings is 1. The van der Waals surface area contributed by atoms with Crippen LogP contribution in [-0.4, -0.2) is 32.7 Å². The van der Waals surface area contributed by atoms with Gasteiger partial charge in [0.2, 0.25) is 10.0 Å². The Bertz CT molecular complexity index is 536. The van der Waals surface area contributed by atoms with Crippen LogP contribution in [0.25, 0.3) is 0 Å². The van der Waals surface area contributed by atoms with Gasteiger partial charge in [-0.2, -0.15) is 0 Å². The molecule has 1 aliphatic rings. The topological polar surface area (TPSA) is 110 Å². The van der Waals surface area contributed by atoms with Crippen molar-refractivity contribution in [2.45, 2.75) is 23.8 Å². The van der Waals surface area contributed by atoms with E-state index < -0.39 is 10.0 Å². The van der Waals surface area contributed by atoms with Crippen molar-refractivity contribution in [1.29, 1.82) is 0 Å². The molecule has 0 saturated carbocycles. The number of sulfonamides is 1. The number of piperidine rings is 1. The van der Waals surface area contributed by atoms with Crippen molar-refractivity contribution in [2.75, 3.05) is 23.7 Å². The number of aliphatic hydroxyl groups is 1. The molecular formula is C11H17N3O3S. The second-order valence-corrected chi connectivity index (χ2v) is 6.02. The summed E-state index contributed by atoms with van der Waals surface area (Å²) >= 11 is 0. The molecule has 5 N–H and O–H groups in total. The van der Waals surface area contributed by atoms with Crippen LogP contribution in [0.15, 0.2) is 23.1 Å². The number of nitrogens with two attached hydrogens (primary N) is 2. The van der Waals surface area contributed by atoms with E-state index in [0.29, 0.717) is 12.8 Å². The molecule has 0 spiro atoms. The minimum absolute atomic E-state index is 0.0525. The van der Waals surface area contributed by atoms with Gasteiger partial charge in [0.05, 0.1) is 11.8 Å². The Morgan fingerprint density at radius 3 is 2.39 bits per heavy atom. The second kappa shape index (κ2) is 4.75. The van der Waals surface area contributed by atoms with Crippen LogP contribution in [0, 0.1) is 0 Å². The quantitative estimate of drug-likeness (QED) is 0.649. The van der Waals surface area contributed by atoms with E-state index in [2.05, 4.69) is 4.90 Å². The molecule has 0 aliphatic carbocycles. The Labute approximate surface area is 106 Å². The minimum Gasteiger partial charge on any atom is -0.398 e. The van der Waals surface area contributed by atoms with Crippen LogP contribution in [-0.2, 0) is 10.0 Å². The van der Waals surface area contributed by atoms with Gasteiger partial charge in [-0.05, 0) is 31.0 Å². The summed E-state index contributed by atoms with van der Waals surface area (Å²) < 4.78 is 22.5. The van der Waals surface area contributed by atoms with E-state index in [0.717, 1.165) is 18.8 Å². The lowest BCUT2D eigenvalue weighted by molar-refractivity contribution is 0.145. The number of aliphatic hydroxyl groups excluding tert-OH is 1. The van der Waals surface area contributed by atoms with Crippen LogP contribution in [0.3, 0.4) is 0 Å². The molecule has 6 nitrogen and oxygen atoms in total. The summed E-state index contributed by atoms with van der Waals surface area (Å²) in [5, 5.41) is 14.5. The molecule has 1 saturated heterocycles. The van der Waals surface area contributed by atoms with E-state index in [-0.39, 0.29) is 16.7 Å². The molecule has 1 fully saturated rings. The smallest absolute Gasteiger partial charge is 0.240 e. The lowest BCUT2D eigenvalue weighted by Gasteiger charge is -2.31. The molecule has 0 radical (unpaired) electrons. The third kappa shape index (κ3) is 2.74. The van der Waals surface area contributed by atoms with Crippen molar-refractivity contribution >= 4 is 21.4 Å². The van der Waals surface area contributed by atoms with Gasteiger partial charge in [0, 0.05) is 18.8 Å². The van der Waals surface area contributed by atoms with E-state index in [1.165, 1.54) is 6.07 Å². The first-order chi connectivity index (χ1) is 8.38. The predicted molar refractivity (Wildman–Crippen MR) is 69.7 cm³/mol. The summed E-state index contributed by atoms with van der Waals surface area (Å²) in [6, 6.07) is 4.72. The number of hydrogen-bond acceptors (Lipinski definition) is 5. The van der Waals surface area contributed by atoms with Crippen LogP contribution >= 0.6 is 0 Å². The Hall–Kier alpha value is -1.31. The zero-order valence-corrected chi connectivity index (χ0v) is 10.7. The number of rotatable bonds is 2. The van der Waals surface area contributed by atoms with Crippen molar-refractivity contribution in [3.8, 4) is 0 Å². The molecule has 1 aromatic rings. The summed E-state index contributed by atoms with van der Waals surface area (Å²) in [6.45, 7) is 1.46. The highest BCUT2D eigenvalue weighted by molar-refractivity contribution is 7.89. The zero-order valence-electron chi connectivity index (χ0n) is 9.91. The van der Waals surface area contributed by atoms with Crippen LogP contribution in [0.1, 0.15) is 12.8 Å². The summed E-state index contributed by atoms with van der Waals surface area (Å²) in [6.07, 6.45) is 1.16. The van der Waals surface area contributed by atoms with Gasteiger partial charge >= 0.3 is 0 Å². The molecule has 0 unspecified atom stereocenters. The highest BCUT2D eigenvalue weighted by Gasteiger charge is 2.19. The molecule has 0 amide bonds. The van der Waals surface area contributed by atoms with Crippen LogP contribution in [0.4, 0.5) is 11.4 Å². The normalized spacial score (nSPS) is 18.0. The standard InChI is InChI=1S/C11H17N3O3S/c12-10-7-8(1-2-11(10)18(13,16)17)14-5-3-9(15)4-6-14/h1-2,7,9,15H,3-6,12H2,(H2,13,16,17). The summed E-state index contributed by atoms with van der Waals surface area (Å²) in [4.78, 5) is 2.01. The first-order valence-electron chi connectivity index (χ1n) is 5.73. The fourth-order valence-electron chi connectivity index (χ4n) is 2.12. The average Bonchev–Trinajstić information content (AvgIpc) is 2.28. The predicted octanol–water partition coefficient (Wildman–Crippen LogP) is -0.123. The molecule has 0 atom stereocenters. The van der Waals surface area contributed by atoms with Gasteiger partial charge < -0.3 is 15.7 Å². The molecule has 0 bridgehead atoms. The number of anilines is 2. The van der Waals surface area contributed by atoms with Gasteiger partial charge in [-0.3, -0.25) is 0 Å². The summed E-state index contributed by atoms with van der Waals surface area (Å²) in [7, 11) is -3.77. The highest BCUT2D eigenvalue weighted by Crippen LogP contribution is 2.26. The van der Waals surface area contributed by atoms with Crippen molar-refractivity contribution in [2.24, 2.45) is 5.14 Å². The third-order valence-corrected chi connectivity index (χ3v) is 4.11. The number of nitrogen functional groups attached to an aromatic ring is 1.